The Labute approximate surface area is 93.8 Å². The molecule has 1 atom stereocenters. The second-order valence-electron chi connectivity index (χ2n) is 4.11. The van der Waals surface area contributed by atoms with Crippen LogP contribution in [0.5, 0.6) is 0 Å². The van der Waals surface area contributed by atoms with Crippen LogP contribution in [0.3, 0.4) is 0 Å². The molecule has 1 rings (SSSR count). The van der Waals surface area contributed by atoms with Crippen molar-refractivity contribution < 1.29 is 5.11 Å². The Morgan fingerprint density at radius 1 is 1.44 bits per heavy atom. The minimum atomic E-state index is -0.368. The summed E-state index contributed by atoms with van der Waals surface area (Å²) in [4.78, 5) is 24.7. The van der Waals surface area contributed by atoms with E-state index in [0.717, 1.165) is 19.3 Å². The van der Waals surface area contributed by atoms with E-state index >= 15 is 0 Å². The number of hydrogen-bond acceptors (Lipinski definition) is 3. The molecule has 0 radical (unpaired) electrons. The van der Waals surface area contributed by atoms with Crippen molar-refractivity contribution in [2.75, 3.05) is 0 Å². The lowest BCUT2D eigenvalue weighted by Gasteiger charge is -2.06. The van der Waals surface area contributed by atoms with Crippen LogP contribution in [0.4, 0.5) is 0 Å². The molecule has 1 heterocycles. The van der Waals surface area contributed by atoms with Crippen molar-refractivity contribution in [3.8, 4) is 0 Å². The number of aromatic amines is 1. The summed E-state index contributed by atoms with van der Waals surface area (Å²) in [6, 6.07) is 0. The minimum absolute atomic E-state index is 0.297. The number of unbranched alkanes of at least 4 members (excludes halogenated alkanes) is 1. The van der Waals surface area contributed by atoms with Crippen LogP contribution in [0.15, 0.2) is 15.8 Å². The van der Waals surface area contributed by atoms with Gasteiger partial charge in [-0.05, 0) is 33.1 Å². The first-order chi connectivity index (χ1) is 7.50. The summed E-state index contributed by atoms with van der Waals surface area (Å²) >= 11 is 0. The lowest BCUT2D eigenvalue weighted by atomic mass is 10.2. The maximum atomic E-state index is 11.4. The molecular weight excluding hydrogens is 208 g/mol. The standard InChI is InChI=1S/C11H18N2O3/c1-8-7-13(11(16)12-10(8)15)6-4-3-5-9(2)14/h7,9,14H,3-6H2,1-2H3,(H,12,15,16). The van der Waals surface area contributed by atoms with E-state index in [0.29, 0.717) is 12.1 Å². The van der Waals surface area contributed by atoms with Crippen LogP contribution in [-0.2, 0) is 6.54 Å². The highest BCUT2D eigenvalue weighted by Gasteiger charge is 2.01. The number of aliphatic hydroxyl groups is 1. The quantitative estimate of drug-likeness (QED) is 0.713. The molecule has 0 fully saturated rings. The average molecular weight is 226 g/mol. The normalized spacial score (nSPS) is 12.7. The van der Waals surface area contributed by atoms with Crippen LogP contribution in [0.1, 0.15) is 31.7 Å². The molecule has 90 valence electrons. The lowest BCUT2D eigenvalue weighted by Crippen LogP contribution is -2.30. The molecule has 5 nitrogen and oxygen atoms in total. The Morgan fingerprint density at radius 3 is 2.75 bits per heavy atom. The number of aliphatic hydroxyl groups excluding tert-OH is 1. The third-order valence-corrected chi connectivity index (χ3v) is 2.46. The van der Waals surface area contributed by atoms with Crippen molar-refractivity contribution in [3.63, 3.8) is 0 Å². The Kier molecular flexibility index (Phi) is 4.49. The first-order valence-electron chi connectivity index (χ1n) is 5.49. The number of rotatable bonds is 5. The molecule has 0 aliphatic carbocycles. The fourth-order valence-corrected chi connectivity index (χ4v) is 1.51. The summed E-state index contributed by atoms with van der Waals surface area (Å²) in [7, 11) is 0. The van der Waals surface area contributed by atoms with Crippen LogP contribution in [-0.4, -0.2) is 20.8 Å². The largest absolute Gasteiger partial charge is 0.393 e. The first kappa shape index (κ1) is 12.7. The summed E-state index contributed by atoms with van der Waals surface area (Å²) in [6.07, 6.45) is 3.69. The summed E-state index contributed by atoms with van der Waals surface area (Å²) in [5.41, 5.74) is -0.159. The van der Waals surface area contributed by atoms with E-state index < -0.39 is 0 Å². The molecule has 0 saturated heterocycles. The number of aryl methyl sites for hydroxylation is 2. The fraction of sp³-hybridized carbons (Fsp3) is 0.636. The van der Waals surface area contributed by atoms with Gasteiger partial charge in [0.05, 0.1) is 6.10 Å². The van der Waals surface area contributed by atoms with Crippen LogP contribution in [0.25, 0.3) is 0 Å². The van der Waals surface area contributed by atoms with Crippen molar-refractivity contribution in [1.82, 2.24) is 9.55 Å². The summed E-state index contributed by atoms with van der Waals surface area (Å²) < 4.78 is 1.50. The molecule has 0 aliphatic rings. The second kappa shape index (κ2) is 5.65. The van der Waals surface area contributed by atoms with E-state index in [1.807, 2.05) is 0 Å². The lowest BCUT2D eigenvalue weighted by molar-refractivity contribution is 0.180. The zero-order valence-corrected chi connectivity index (χ0v) is 9.69. The smallest absolute Gasteiger partial charge is 0.328 e. The average Bonchev–Trinajstić information content (AvgIpc) is 2.19. The third-order valence-electron chi connectivity index (χ3n) is 2.46. The molecule has 16 heavy (non-hydrogen) atoms. The molecule has 1 unspecified atom stereocenters. The summed E-state index contributed by atoms with van der Waals surface area (Å²) in [5, 5.41) is 9.07. The van der Waals surface area contributed by atoms with E-state index in [1.54, 1.807) is 20.0 Å². The molecule has 0 spiro atoms. The van der Waals surface area contributed by atoms with E-state index in [2.05, 4.69) is 4.98 Å². The minimum Gasteiger partial charge on any atom is -0.393 e. The van der Waals surface area contributed by atoms with Gasteiger partial charge < -0.3 is 9.67 Å². The molecule has 0 bridgehead atoms. The van der Waals surface area contributed by atoms with Crippen LogP contribution in [0, 0.1) is 6.92 Å². The summed E-state index contributed by atoms with van der Waals surface area (Å²) in [5.74, 6) is 0. The van der Waals surface area contributed by atoms with Gasteiger partial charge in [0.1, 0.15) is 0 Å². The number of aromatic nitrogens is 2. The van der Waals surface area contributed by atoms with E-state index in [-0.39, 0.29) is 17.4 Å². The van der Waals surface area contributed by atoms with Gasteiger partial charge in [0.25, 0.3) is 5.56 Å². The first-order valence-corrected chi connectivity index (χ1v) is 5.49. The van der Waals surface area contributed by atoms with Crippen LogP contribution < -0.4 is 11.2 Å². The van der Waals surface area contributed by atoms with Gasteiger partial charge in [0, 0.05) is 18.3 Å². The molecule has 2 N–H and O–H groups in total. The van der Waals surface area contributed by atoms with Crippen LogP contribution >= 0.6 is 0 Å². The van der Waals surface area contributed by atoms with Gasteiger partial charge in [-0.1, -0.05) is 0 Å². The number of H-pyrrole nitrogens is 1. The highest BCUT2D eigenvalue weighted by atomic mass is 16.3. The Bertz CT molecular complexity index is 445. The highest BCUT2D eigenvalue weighted by Crippen LogP contribution is 2.01. The van der Waals surface area contributed by atoms with E-state index in [4.69, 9.17) is 5.11 Å². The van der Waals surface area contributed by atoms with E-state index in [1.165, 1.54) is 4.57 Å². The van der Waals surface area contributed by atoms with Gasteiger partial charge >= 0.3 is 5.69 Å². The van der Waals surface area contributed by atoms with Gasteiger partial charge in [0.15, 0.2) is 0 Å². The highest BCUT2D eigenvalue weighted by molar-refractivity contribution is 5.00. The molecule has 5 heteroatoms. The number of nitrogens with zero attached hydrogens (tertiary/aromatic N) is 1. The van der Waals surface area contributed by atoms with Gasteiger partial charge in [-0.2, -0.15) is 0 Å². The van der Waals surface area contributed by atoms with Crippen molar-refractivity contribution in [2.24, 2.45) is 0 Å². The summed E-state index contributed by atoms with van der Waals surface area (Å²) in [6.45, 7) is 3.99. The second-order valence-corrected chi connectivity index (χ2v) is 4.11. The molecule has 0 aliphatic heterocycles. The maximum absolute atomic E-state index is 11.4. The monoisotopic (exact) mass is 226 g/mol. The molecular formula is C11H18N2O3. The van der Waals surface area contributed by atoms with Gasteiger partial charge in [0.2, 0.25) is 0 Å². The number of hydrogen-bond donors (Lipinski definition) is 2. The van der Waals surface area contributed by atoms with Crippen molar-refractivity contribution >= 4 is 0 Å². The predicted molar refractivity (Wildman–Crippen MR) is 61.6 cm³/mol. The molecule has 0 saturated carbocycles. The third kappa shape index (κ3) is 3.66. The Morgan fingerprint density at radius 2 is 2.12 bits per heavy atom. The van der Waals surface area contributed by atoms with Gasteiger partial charge in [-0.25, -0.2) is 4.79 Å². The number of nitrogens with one attached hydrogen (secondary N) is 1. The molecule has 0 amide bonds. The molecule has 1 aromatic heterocycles. The van der Waals surface area contributed by atoms with Crippen molar-refractivity contribution in [1.29, 1.82) is 0 Å². The van der Waals surface area contributed by atoms with Crippen molar-refractivity contribution in [2.45, 2.75) is 45.8 Å². The topological polar surface area (TPSA) is 75.1 Å². The molecule has 0 aromatic carbocycles. The fourth-order valence-electron chi connectivity index (χ4n) is 1.51. The SMILES string of the molecule is Cc1cn(CCCCC(C)O)c(=O)[nH]c1=O. The zero-order chi connectivity index (χ0) is 12.1. The molecule has 1 aromatic rings. The van der Waals surface area contributed by atoms with E-state index in [9.17, 15) is 9.59 Å². The Balaban J connectivity index is 2.58. The van der Waals surface area contributed by atoms with Gasteiger partial charge in [-0.3, -0.25) is 9.78 Å². The maximum Gasteiger partial charge on any atom is 0.328 e. The Hall–Kier alpha value is -1.36. The zero-order valence-electron chi connectivity index (χ0n) is 9.69. The van der Waals surface area contributed by atoms with Gasteiger partial charge in [-0.15, -0.1) is 0 Å². The van der Waals surface area contributed by atoms with Crippen molar-refractivity contribution in [3.05, 3.63) is 32.6 Å². The predicted octanol–water partition coefficient (Wildman–Crippen LogP) is 0.396. The van der Waals surface area contributed by atoms with Crippen LogP contribution in [0.2, 0.25) is 0 Å².